The van der Waals surface area contributed by atoms with Crippen molar-refractivity contribution in [3.05, 3.63) is 46.8 Å². The van der Waals surface area contributed by atoms with Crippen molar-refractivity contribution >= 4 is 35.0 Å². The molecule has 1 heterocycles. The highest BCUT2D eigenvalue weighted by Crippen LogP contribution is 2.27. The van der Waals surface area contributed by atoms with E-state index in [-0.39, 0.29) is 5.28 Å². The standard InChI is InChI=1S/C10H6Cl2N2S/c11-7-1-3-8(4-2-7)15-9-5-6-13-10(12)14-9/h1-6H. The lowest BCUT2D eigenvalue weighted by molar-refractivity contribution is 1.05. The second-order valence-electron chi connectivity index (χ2n) is 2.72. The zero-order valence-electron chi connectivity index (χ0n) is 7.52. The minimum atomic E-state index is 0.258. The van der Waals surface area contributed by atoms with Gasteiger partial charge >= 0.3 is 0 Å². The van der Waals surface area contributed by atoms with E-state index in [2.05, 4.69) is 9.97 Å². The van der Waals surface area contributed by atoms with E-state index in [1.807, 2.05) is 30.3 Å². The van der Waals surface area contributed by atoms with Gasteiger partial charge in [-0.2, -0.15) is 0 Å². The average molecular weight is 257 g/mol. The molecule has 0 radical (unpaired) electrons. The summed E-state index contributed by atoms with van der Waals surface area (Å²) in [6.45, 7) is 0. The summed E-state index contributed by atoms with van der Waals surface area (Å²) < 4.78 is 0. The summed E-state index contributed by atoms with van der Waals surface area (Å²) >= 11 is 13.0. The van der Waals surface area contributed by atoms with Gasteiger partial charge in [0.2, 0.25) is 5.28 Å². The van der Waals surface area contributed by atoms with Crippen LogP contribution in [-0.2, 0) is 0 Å². The van der Waals surface area contributed by atoms with Gasteiger partial charge in [0.1, 0.15) is 5.03 Å². The Bertz CT molecular complexity index is 459. The van der Waals surface area contributed by atoms with Gasteiger partial charge in [-0.1, -0.05) is 23.4 Å². The molecule has 0 saturated heterocycles. The first-order chi connectivity index (χ1) is 7.24. The van der Waals surface area contributed by atoms with Crippen molar-refractivity contribution in [1.82, 2.24) is 9.97 Å². The molecule has 0 amide bonds. The maximum Gasteiger partial charge on any atom is 0.223 e. The molecule has 0 spiro atoms. The number of aromatic nitrogens is 2. The highest BCUT2D eigenvalue weighted by molar-refractivity contribution is 7.99. The zero-order valence-corrected chi connectivity index (χ0v) is 9.85. The summed E-state index contributed by atoms with van der Waals surface area (Å²) in [5.41, 5.74) is 0. The quantitative estimate of drug-likeness (QED) is 0.602. The first-order valence-corrected chi connectivity index (χ1v) is 5.73. The van der Waals surface area contributed by atoms with E-state index in [4.69, 9.17) is 23.2 Å². The van der Waals surface area contributed by atoms with E-state index in [0.29, 0.717) is 0 Å². The lowest BCUT2D eigenvalue weighted by Crippen LogP contribution is -1.83. The fourth-order valence-corrected chi connectivity index (χ4v) is 2.10. The van der Waals surface area contributed by atoms with Crippen LogP contribution in [0.5, 0.6) is 0 Å². The van der Waals surface area contributed by atoms with Crippen molar-refractivity contribution < 1.29 is 0 Å². The first-order valence-electron chi connectivity index (χ1n) is 4.16. The summed E-state index contributed by atoms with van der Waals surface area (Å²) in [6, 6.07) is 9.36. The molecule has 0 aliphatic rings. The Hall–Kier alpha value is -0.770. The smallest absolute Gasteiger partial charge is 0.223 e. The van der Waals surface area contributed by atoms with Crippen molar-refractivity contribution in [1.29, 1.82) is 0 Å². The molecule has 0 saturated carbocycles. The third-order valence-corrected chi connectivity index (χ3v) is 3.02. The van der Waals surface area contributed by atoms with Crippen LogP contribution >= 0.6 is 35.0 Å². The van der Waals surface area contributed by atoms with Crippen LogP contribution in [0.4, 0.5) is 0 Å². The average Bonchev–Trinajstić information content (AvgIpc) is 2.22. The second kappa shape index (κ2) is 4.84. The molecule has 0 unspecified atom stereocenters. The number of hydrogen-bond donors (Lipinski definition) is 0. The van der Waals surface area contributed by atoms with E-state index in [1.54, 1.807) is 6.20 Å². The number of hydrogen-bond acceptors (Lipinski definition) is 3. The largest absolute Gasteiger partial charge is 0.226 e. The monoisotopic (exact) mass is 256 g/mol. The van der Waals surface area contributed by atoms with Crippen molar-refractivity contribution in [2.24, 2.45) is 0 Å². The van der Waals surface area contributed by atoms with Gasteiger partial charge in [-0.05, 0) is 41.9 Å². The minimum absolute atomic E-state index is 0.258. The Kier molecular flexibility index (Phi) is 3.46. The zero-order chi connectivity index (χ0) is 10.7. The summed E-state index contributed by atoms with van der Waals surface area (Å²) in [5, 5.41) is 1.80. The fourth-order valence-electron chi connectivity index (χ4n) is 1.000. The Labute approximate surface area is 102 Å². The van der Waals surface area contributed by atoms with Crippen molar-refractivity contribution in [2.75, 3.05) is 0 Å². The molecule has 0 aliphatic heterocycles. The number of halogens is 2. The number of nitrogens with zero attached hydrogens (tertiary/aromatic N) is 2. The van der Waals surface area contributed by atoms with E-state index in [9.17, 15) is 0 Å². The van der Waals surface area contributed by atoms with Crippen LogP contribution in [-0.4, -0.2) is 9.97 Å². The Balaban J connectivity index is 2.18. The predicted octanol–water partition coefficient (Wildman–Crippen LogP) is 3.93. The van der Waals surface area contributed by atoms with Gasteiger partial charge < -0.3 is 0 Å². The Morgan fingerprint density at radius 1 is 1.00 bits per heavy atom. The van der Waals surface area contributed by atoms with Crippen LogP contribution in [0.1, 0.15) is 0 Å². The van der Waals surface area contributed by atoms with Crippen molar-refractivity contribution in [3.63, 3.8) is 0 Å². The molecule has 5 heteroatoms. The maximum atomic E-state index is 5.78. The first kappa shape index (κ1) is 10.7. The molecule has 0 aliphatic carbocycles. The molecular formula is C10H6Cl2N2S. The van der Waals surface area contributed by atoms with Crippen LogP contribution < -0.4 is 0 Å². The molecule has 0 N–H and O–H groups in total. The predicted molar refractivity (Wildman–Crippen MR) is 62.6 cm³/mol. The molecule has 2 nitrogen and oxygen atoms in total. The van der Waals surface area contributed by atoms with E-state index in [1.165, 1.54) is 11.8 Å². The Morgan fingerprint density at radius 2 is 1.73 bits per heavy atom. The van der Waals surface area contributed by atoms with Crippen molar-refractivity contribution in [2.45, 2.75) is 9.92 Å². The van der Waals surface area contributed by atoms with Gasteiger partial charge in [-0.25, -0.2) is 9.97 Å². The molecule has 0 atom stereocenters. The van der Waals surface area contributed by atoms with Gasteiger partial charge in [0, 0.05) is 16.1 Å². The summed E-state index contributed by atoms with van der Waals surface area (Å²) in [5.74, 6) is 0. The fraction of sp³-hybridized carbons (Fsp3) is 0. The van der Waals surface area contributed by atoms with Gasteiger partial charge in [0.15, 0.2) is 0 Å². The van der Waals surface area contributed by atoms with E-state index in [0.717, 1.165) is 14.9 Å². The lowest BCUT2D eigenvalue weighted by Gasteiger charge is -2.00. The van der Waals surface area contributed by atoms with Crippen LogP contribution in [0, 0.1) is 0 Å². The molecule has 1 aromatic carbocycles. The van der Waals surface area contributed by atoms with Gasteiger partial charge in [-0.15, -0.1) is 0 Å². The van der Waals surface area contributed by atoms with Crippen LogP contribution in [0.2, 0.25) is 10.3 Å². The van der Waals surface area contributed by atoms with E-state index >= 15 is 0 Å². The van der Waals surface area contributed by atoms with E-state index < -0.39 is 0 Å². The van der Waals surface area contributed by atoms with Gasteiger partial charge in [0.05, 0.1) is 0 Å². The molecule has 2 rings (SSSR count). The maximum absolute atomic E-state index is 5.78. The molecule has 76 valence electrons. The molecule has 15 heavy (non-hydrogen) atoms. The summed E-state index contributed by atoms with van der Waals surface area (Å²) in [7, 11) is 0. The molecule has 0 bridgehead atoms. The SMILES string of the molecule is Clc1ccc(Sc2ccnc(Cl)n2)cc1. The van der Waals surface area contributed by atoms with Crippen LogP contribution in [0.15, 0.2) is 46.5 Å². The topological polar surface area (TPSA) is 25.8 Å². The minimum Gasteiger partial charge on any atom is -0.226 e. The molecule has 1 aromatic heterocycles. The summed E-state index contributed by atoms with van der Waals surface area (Å²) in [4.78, 5) is 8.95. The van der Waals surface area contributed by atoms with Crippen LogP contribution in [0.3, 0.4) is 0 Å². The Morgan fingerprint density at radius 3 is 2.40 bits per heavy atom. The highest BCUT2D eigenvalue weighted by atomic mass is 35.5. The third kappa shape index (κ3) is 3.09. The lowest BCUT2D eigenvalue weighted by atomic mass is 10.4. The van der Waals surface area contributed by atoms with Gasteiger partial charge in [0.25, 0.3) is 0 Å². The molecule has 0 fully saturated rings. The van der Waals surface area contributed by atoms with Crippen LogP contribution in [0.25, 0.3) is 0 Å². The molecular weight excluding hydrogens is 251 g/mol. The highest BCUT2D eigenvalue weighted by Gasteiger charge is 1.99. The normalized spacial score (nSPS) is 10.3. The van der Waals surface area contributed by atoms with Crippen molar-refractivity contribution in [3.8, 4) is 0 Å². The number of rotatable bonds is 2. The third-order valence-electron chi connectivity index (χ3n) is 1.64. The second-order valence-corrected chi connectivity index (χ2v) is 4.59. The number of benzene rings is 1. The molecule has 2 aromatic rings. The van der Waals surface area contributed by atoms with Gasteiger partial charge in [-0.3, -0.25) is 0 Å². The summed E-state index contributed by atoms with van der Waals surface area (Å²) in [6.07, 6.45) is 1.63.